The Morgan fingerprint density at radius 1 is 1.50 bits per heavy atom. The Labute approximate surface area is 127 Å². The standard InChI is InChI=1S/C13H20F3N5O/c1-9(8-22-2)21-12(17)20-7-6-19-11-10(13(14,15)16)4-3-5-18-11/h3-5,9H,6-8H2,1-2H3,(H,18,19)(H3,17,20,21). The Morgan fingerprint density at radius 3 is 2.86 bits per heavy atom. The van der Waals surface area contributed by atoms with Crippen LogP contribution in [-0.4, -0.2) is 43.8 Å². The lowest BCUT2D eigenvalue weighted by Gasteiger charge is -2.14. The molecule has 0 saturated heterocycles. The van der Waals surface area contributed by atoms with Gasteiger partial charge < -0.3 is 21.1 Å². The van der Waals surface area contributed by atoms with Crippen LogP contribution in [0.4, 0.5) is 19.0 Å². The summed E-state index contributed by atoms with van der Waals surface area (Å²) in [5.41, 5.74) is 4.84. The van der Waals surface area contributed by atoms with Gasteiger partial charge in [-0.25, -0.2) is 4.98 Å². The van der Waals surface area contributed by atoms with Crippen LogP contribution in [-0.2, 0) is 10.9 Å². The number of pyridine rings is 1. The summed E-state index contributed by atoms with van der Waals surface area (Å²) in [6.45, 7) is 2.73. The summed E-state index contributed by atoms with van der Waals surface area (Å²) in [5.74, 6) is -0.00658. The maximum Gasteiger partial charge on any atom is 0.419 e. The van der Waals surface area contributed by atoms with Crippen molar-refractivity contribution in [2.24, 2.45) is 10.7 Å². The smallest absolute Gasteiger partial charge is 0.383 e. The predicted octanol–water partition coefficient (Wildman–Crippen LogP) is 1.45. The summed E-state index contributed by atoms with van der Waals surface area (Å²) < 4.78 is 43.2. The summed E-state index contributed by atoms with van der Waals surface area (Å²) >= 11 is 0. The monoisotopic (exact) mass is 319 g/mol. The first-order chi connectivity index (χ1) is 10.3. The highest BCUT2D eigenvalue weighted by molar-refractivity contribution is 5.78. The van der Waals surface area contributed by atoms with Crippen LogP contribution in [0.1, 0.15) is 12.5 Å². The van der Waals surface area contributed by atoms with Crippen LogP contribution in [0.3, 0.4) is 0 Å². The topological polar surface area (TPSA) is 84.6 Å². The van der Waals surface area contributed by atoms with E-state index in [1.807, 2.05) is 6.92 Å². The number of rotatable bonds is 7. The van der Waals surface area contributed by atoms with Gasteiger partial charge in [0.05, 0.1) is 18.7 Å². The minimum absolute atomic E-state index is 0.00525. The molecule has 0 aliphatic heterocycles. The molecule has 9 heteroatoms. The number of aromatic nitrogens is 1. The fraction of sp³-hybridized carbons (Fsp3) is 0.538. The molecule has 4 N–H and O–H groups in total. The maximum atomic E-state index is 12.8. The molecule has 6 nitrogen and oxygen atoms in total. The molecule has 0 radical (unpaired) electrons. The zero-order valence-corrected chi connectivity index (χ0v) is 12.4. The largest absolute Gasteiger partial charge is 0.419 e. The van der Waals surface area contributed by atoms with Crippen molar-refractivity contribution in [3.8, 4) is 0 Å². The van der Waals surface area contributed by atoms with Gasteiger partial charge in [-0.1, -0.05) is 0 Å². The molecule has 0 aliphatic carbocycles. The van der Waals surface area contributed by atoms with E-state index >= 15 is 0 Å². The molecule has 0 fully saturated rings. The Hall–Kier alpha value is -2.03. The fourth-order valence-corrected chi connectivity index (χ4v) is 1.72. The van der Waals surface area contributed by atoms with Crippen molar-refractivity contribution >= 4 is 11.8 Å². The molecule has 1 rings (SSSR count). The molecular weight excluding hydrogens is 299 g/mol. The highest BCUT2D eigenvalue weighted by Crippen LogP contribution is 2.33. The van der Waals surface area contributed by atoms with Gasteiger partial charge in [0.25, 0.3) is 0 Å². The number of nitrogens with one attached hydrogen (secondary N) is 2. The van der Waals surface area contributed by atoms with Gasteiger partial charge in [-0.05, 0) is 19.1 Å². The first kappa shape index (κ1) is 18.0. The summed E-state index contributed by atoms with van der Waals surface area (Å²) in [5, 5.41) is 5.50. The third kappa shape index (κ3) is 6.17. The van der Waals surface area contributed by atoms with Crippen LogP contribution in [0.5, 0.6) is 0 Å². The van der Waals surface area contributed by atoms with Crippen molar-refractivity contribution < 1.29 is 17.9 Å². The number of anilines is 1. The second-order valence-electron chi connectivity index (χ2n) is 4.59. The number of alkyl halides is 3. The summed E-state index contributed by atoms with van der Waals surface area (Å²) in [7, 11) is 1.57. The molecule has 124 valence electrons. The van der Waals surface area contributed by atoms with Crippen molar-refractivity contribution in [1.29, 1.82) is 0 Å². The Bertz CT molecular complexity index is 493. The van der Waals surface area contributed by atoms with Gasteiger partial charge in [0.15, 0.2) is 5.96 Å². The van der Waals surface area contributed by atoms with E-state index in [1.54, 1.807) is 7.11 Å². The van der Waals surface area contributed by atoms with Gasteiger partial charge in [0, 0.05) is 25.9 Å². The average Bonchev–Trinajstić information content (AvgIpc) is 2.43. The molecule has 22 heavy (non-hydrogen) atoms. The first-order valence-electron chi connectivity index (χ1n) is 6.66. The molecule has 1 atom stereocenters. The first-order valence-corrected chi connectivity index (χ1v) is 6.66. The van der Waals surface area contributed by atoms with Crippen molar-refractivity contribution in [2.45, 2.75) is 19.1 Å². The van der Waals surface area contributed by atoms with Crippen molar-refractivity contribution in [1.82, 2.24) is 10.3 Å². The third-order valence-corrected chi connectivity index (χ3v) is 2.61. The molecular formula is C13H20F3N5O. The van der Waals surface area contributed by atoms with Gasteiger partial charge in [0.1, 0.15) is 5.82 Å². The van der Waals surface area contributed by atoms with Gasteiger partial charge >= 0.3 is 6.18 Å². The quantitative estimate of drug-likeness (QED) is 0.402. The van der Waals surface area contributed by atoms with Crippen LogP contribution in [0.15, 0.2) is 23.3 Å². The SMILES string of the molecule is COCC(C)NC(N)=NCCNc1ncccc1C(F)(F)F. The van der Waals surface area contributed by atoms with Crippen LogP contribution in [0.25, 0.3) is 0 Å². The number of halogens is 3. The molecule has 1 aromatic heterocycles. The van der Waals surface area contributed by atoms with E-state index < -0.39 is 11.7 Å². The Balaban J connectivity index is 2.48. The van der Waals surface area contributed by atoms with Crippen LogP contribution < -0.4 is 16.4 Å². The number of nitrogens with two attached hydrogens (primary N) is 1. The van der Waals surface area contributed by atoms with E-state index in [4.69, 9.17) is 10.5 Å². The van der Waals surface area contributed by atoms with E-state index in [1.165, 1.54) is 12.3 Å². The Kier molecular flexibility index (Phi) is 6.90. The Morgan fingerprint density at radius 2 is 2.23 bits per heavy atom. The number of hydrogen-bond donors (Lipinski definition) is 3. The second kappa shape index (κ2) is 8.42. The predicted molar refractivity (Wildman–Crippen MR) is 78.7 cm³/mol. The maximum absolute atomic E-state index is 12.8. The van der Waals surface area contributed by atoms with Gasteiger partial charge in [-0.2, -0.15) is 13.2 Å². The summed E-state index contributed by atoms with van der Waals surface area (Å²) in [6, 6.07) is 2.21. The number of methoxy groups -OCH3 is 1. The molecule has 1 heterocycles. The van der Waals surface area contributed by atoms with E-state index in [2.05, 4.69) is 20.6 Å². The molecule has 1 aromatic rings. The number of guanidine groups is 1. The molecule has 1 unspecified atom stereocenters. The third-order valence-electron chi connectivity index (χ3n) is 2.61. The minimum atomic E-state index is -4.45. The van der Waals surface area contributed by atoms with E-state index in [9.17, 15) is 13.2 Å². The normalized spacial score (nSPS) is 13.8. The van der Waals surface area contributed by atoms with Crippen LogP contribution in [0.2, 0.25) is 0 Å². The van der Waals surface area contributed by atoms with Gasteiger partial charge in [0.2, 0.25) is 0 Å². The fourth-order valence-electron chi connectivity index (χ4n) is 1.72. The molecule has 0 saturated carbocycles. The highest BCUT2D eigenvalue weighted by Gasteiger charge is 2.33. The van der Waals surface area contributed by atoms with Crippen molar-refractivity contribution in [3.63, 3.8) is 0 Å². The number of hydrogen-bond acceptors (Lipinski definition) is 4. The number of aliphatic imine (C=N–C) groups is 1. The molecule has 0 aromatic carbocycles. The van der Waals surface area contributed by atoms with Crippen molar-refractivity contribution in [2.75, 3.05) is 32.1 Å². The average molecular weight is 319 g/mol. The zero-order chi connectivity index (χ0) is 16.6. The molecule has 0 amide bonds. The van der Waals surface area contributed by atoms with E-state index in [0.717, 1.165) is 6.07 Å². The number of ether oxygens (including phenoxy) is 1. The van der Waals surface area contributed by atoms with Gasteiger partial charge in [-0.15, -0.1) is 0 Å². The zero-order valence-electron chi connectivity index (χ0n) is 12.4. The van der Waals surface area contributed by atoms with Crippen LogP contribution in [0, 0.1) is 0 Å². The number of nitrogens with zero attached hydrogens (tertiary/aromatic N) is 2. The van der Waals surface area contributed by atoms with Gasteiger partial charge in [-0.3, -0.25) is 4.99 Å². The highest BCUT2D eigenvalue weighted by atomic mass is 19.4. The van der Waals surface area contributed by atoms with E-state index in [-0.39, 0.29) is 30.9 Å². The lowest BCUT2D eigenvalue weighted by molar-refractivity contribution is -0.137. The molecule has 0 bridgehead atoms. The van der Waals surface area contributed by atoms with Crippen LogP contribution >= 0.6 is 0 Å². The summed E-state index contributed by atoms with van der Waals surface area (Å²) in [4.78, 5) is 7.70. The van der Waals surface area contributed by atoms with E-state index in [0.29, 0.717) is 6.61 Å². The lowest BCUT2D eigenvalue weighted by Crippen LogP contribution is -2.40. The molecule has 0 spiro atoms. The summed E-state index contributed by atoms with van der Waals surface area (Å²) in [6.07, 6.45) is -3.15. The minimum Gasteiger partial charge on any atom is -0.383 e. The second-order valence-corrected chi connectivity index (χ2v) is 4.59. The molecule has 0 aliphatic rings. The lowest BCUT2D eigenvalue weighted by atomic mass is 10.2. The van der Waals surface area contributed by atoms with Crippen molar-refractivity contribution in [3.05, 3.63) is 23.9 Å².